The molecule has 0 heterocycles. The Balaban J connectivity index is 2.54. The smallest absolute Gasteiger partial charge is 0.258 e. The summed E-state index contributed by atoms with van der Waals surface area (Å²) < 4.78 is 22.6. The van der Waals surface area contributed by atoms with E-state index in [1.54, 1.807) is 30.3 Å². The largest absolute Gasteiger partial charge is 0.496 e. The zero-order valence-corrected chi connectivity index (χ0v) is 12.7. The normalized spacial score (nSPS) is 13.2. The van der Waals surface area contributed by atoms with Crippen molar-refractivity contribution in [3.8, 4) is 11.5 Å². The van der Waals surface area contributed by atoms with Crippen LogP contribution in [0.2, 0.25) is 0 Å². The summed E-state index contributed by atoms with van der Waals surface area (Å²) in [5.74, 6) is -0.353. The topological polar surface area (TPSA) is 81.8 Å². The Morgan fingerprint density at radius 2 is 1.96 bits per heavy atom. The number of benzene rings is 2. The SMILES string of the molecule is COc1cc(OCCF)ccc1C(O)(C(N)=O)c1ccccc1. The van der Waals surface area contributed by atoms with Crippen LogP contribution in [0.5, 0.6) is 11.5 Å². The Kier molecular flexibility index (Phi) is 5.18. The molecular formula is C17H18FNO4. The molecule has 0 saturated carbocycles. The van der Waals surface area contributed by atoms with E-state index in [0.717, 1.165) is 0 Å². The maximum absolute atomic E-state index is 12.2. The molecule has 2 rings (SSSR count). The lowest BCUT2D eigenvalue weighted by atomic mass is 9.85. The van der Waals surface area contributed by atoms with E-state index in [1.807, 2.05) is 0 Å². The molecule has 0 aliphatic rings. The fraction of sp³-hybridized carbons (Fsp3) is 0.235. The molecule has 0 aromatic heterocycles. The van der Waals surface area contributed by atoms with Gasteiger partial charge in [-0.25, -0.2) is 4.39 Å². The van der Waals surface area contributed by atoms with Crippen molar-refractivity contribution >= 4 is 5.91 Å². The first-order chi connectivity index (χ1) is 11.0. The van der Waals surface area contributed by atoms with E-state index in [4.69, 9.17) is 15.2 Å². The van der Waals surface area contributed by atoms with E-state index in [2.05, 4.69) is 0 Å². The highest BCUT2D eigenvalue weighted by atomic mass is 19.1. The second-order valence-electron chi connectivity index (χ2n) is 4.84. The Morgan fingerprint density at radius 3 is 2.52 bits per heavy atom. The van der Waals surface area contributed by atoms with E-state index < -0.39 is 18.2 Å². The Bertz CT molecular complexity index is 678. The van der Waals surface area contributed by atoms with Gasteiger partial charge in [-0.15, -0.1) is 0 Å². The molecule has 1 atom stereocenters. The molecule has 5 nitrogen and oxygen atoms in total. The monoisotopic (exact) mass is 319 g/mol. The standard InChI is InChI=1S/C17H18FNO4/c1-22-15-11-13(23-10-9-18)7-8-14(15)17(21,16(19)20)12-5-3-2-4-6-12/h2-8,11,21H,9-10H2,1H3,(H2,19,20). The van der Waals surface area contributed by atoms with Crippen LogP contribution in [0.3, 0.4) is 0 Å². The van der Waals surface area contributed by atoms with Crippen LogP contribution in [0.15, 0.2) is 48.5 Å². The predicted octanol–water partition coefficient (Wildman–Crippen LogP) is 1.76. The molecule has 0 spiro atoms. The van der Waals surface area contributed by atoms with Crippen LogP contribution in [-0.2, 0) is 10.4 Å². The van der Waals surface area contributed by atoms with E-state index in [0.29, 0.717) is 11.3 Å². The van der Waals surface area contributed by atoms with Gasteiger partial charge in [-0.2, -0.15) is 0 Å². The van der Waals surface area contributed by atoms with E-state index in [1.165, 1.54) is 25.3 Å². The predicted molar refractivity (Wildman–Crippen MR) is 83.1 cm³/mol. The second kappa shape index (κ2) is 7.11. The number of rotatable bonds is 7. The summed E-state index contributed by atoms with van der Waals surface area (Å²) in [6.07, 6.45) is 0. The van der Waals surface area contributed by atoms with Gasteiger partial charge in [0.1, 0.15) is 24.8 Å². The minimum Gasteiger partial charge on any atom is -0.496 e. The highest BCUT2D eigenvalue weighted by molar-refractivity contribution is 5.89. The molecule has 122 valence electrons. The van der Waals surface area contributed by atoms with Gasteiger partial charge in [-0.3, -0.25) is 4.79 Å². The number of alkyl halides is 1. The average Bonchev–Trinajstić information content (AvgIpc) is 2.59. The van der Waals surface area contributed by atoms with Crippen LogP contribution in [-0.4, -0.2) is 31.4 Å². The highest BCUT2D eigenvalue weighted by Gasteiger charge is 2.40. The molecule has 0 radical (unpaired) electrons. The third-order valence-electron chi connectivity index (χ3n) is 3.46. The summed E-state index contributed by atoms with van der Waals surface area (Å²) in [5.41, 5.74) is 3.91. The summed E-state index contributed by atoms with van der Waals surface area (Å²) in [4.78, 5) is 12.0. The maximum atomic E-state index is 12.2. The van der Waals surface area contributed by atoms with Gasteiger partial charge in [-0.1, -0.05) is 30.3 Å². The molecule has 2 aromatic carbocycles. The number of amides is 1. The van der Waals surface area contributed by atoms with E-state index in [-0.39, 0.29) is 17.9 Å². The van der Waals surface area contributed by atoms with Gasteiger partial charge < -0.3 is 20.3 Å². The van der Waals surface area contributed by atoms with Crippen molar-refractivity contribution in [3.63, 3.8) is 0 Å². The van der Waals surface area contributed by atoms with Crippen LogP contribution >= 0.6 is 0 Å². The maximum Gasteiger partial charge on any atom is 0.258 e. The lowest BCUT2D eigenvalue weighted by molar-refractivity contribution is -0.133. The lowest BCUT2D eigenvalue weighted by Crippen LogP contribution is -2.42. The Morgan fingerprint density at radius 1 is 1.26 bits per heavy atom. The number of carbonyl (C=O) groups excluding carboxylic acids is 1. The molecule has 0 aliphatic carbocycles. The Labute approximate surface area is 133 Å². The van der Waals surface area contributed by atoms with Crippen molar-refractivity contribution in [1.82, 2.24) is 0 Å². The molecule has 3 N–H and O–H groups in total. The number of aliphatic hydroxyl groups is 1. The molecule has 23 heavy (non-hydrogen) atoms. The number of hydrogen-bond donors (Lipinski definition) is 2. The van der Waals surface area contributed by atoms with Crippen LogP contribution in [0.1, 0.15) is 11.1 Å². The van der Waals surface area contributed by atoms with Gasteiger partial charge in [0.15, 0.2) is 5.60 Å². The number of primary amides is 1. The molecule has 0 fully saturated rings. The molecule has 1 amide bonds. The number of nitrogens with two attached hydrogens (primary N) is 1. The zero-order chi connectivity index (χ0) is 16.9. The summed E-state index contributed by atoms with van der Waals surface area (Å²) in [6.45, 7) is -0.722. The number of methoxy groups -OCH3 is 1. The van der Waals surface area contributed by atoms with Crippen LogP contribution in [0.25, 0.3) is 0 Å². The fourth-order valence-corrected chi connectivity index (χ4v) is 2.33. The minimum atomic E-state index is -2.05. The van der Waals surface area contributed by atoms with Crippen LogP contribution in [0.4, 0.5) is 4.39 Å². The van der Waals surface area contributed by atoms with Gasteiger partial charge in [0, 0.05) is 11.6 Å². The van der Waals surface area contributed by atoms with Gasteiger partial charge in [0.05, 0.1) is 7.11 Å². The van der Waals surface area contributed by atoms with Crippen molar-refractivity contribution in [2.24, 2.45) is 5.73 Å². The summed E-state index contributed by atoms with van der Waals surface area (Å²) >= 11 is 0. The molecule has 0 aliphatic heterocycles. The molecule has 1 unspecified atom stereocenters. The third kappa shape index (κ3) is 3.27. The average molecular weight is 319 g/mol. The molecule has 0 bridgehead atoms. The quantitative estimate of drug-likeness (QED) is 0.815. The van der Waals surface area contributed by atoms with Crippen LogP contribution < -0.4 is 15.2 Å². The van der Waals surface area contributed by atoms with Gasteiger partial charge in [0.25, 0.3) is 5.91 Å². The first kappa shape index (κ1) is 16.8. The van der Waals surface area contributed by atoms with Crippen molar-refractivity contribution in [1.29, 1.82) is 0 Å². The first-order valence-corrected chi connectivity index (χ1v) is 6.99. The van der Waals surface area contributed by atoms with Gasteiger partial charge in [0.2, 0.25) is 0 Å². The van der Waals surface area contributed by atoms with E-state index >= 15 is 0 Å². The number of carbonyl (C=O) groups is 1. The van der Waals surface area contributed by atoms with Crippen LogP contribution in [0, 0.1) is 0 Å². The van der Waals surface area contributed by atoms with Crippen molar-refractivity contribution in [2.75, 3.05) is 20.4 Å². The molecule has 0 saturated heterocycles. The third-order valence-corrected chi connectivity index (χ3v) is 3.46. The Hall–Kier alpha value is -2.60. The van der Waals surface area contributed by atoms with Crippen molar-refractivity contribution in [2.45, 2.75) is 5.60 Å². The zero-order valence-electron chi connectivity index (χ0n) is 12.7. The number of hydrogen-bond acceptors (Lipinski definition) is 4. The van der Waals surface area contributed by atoms with Crippen molar-refractivity contribution < 1.29 is 23.8 Å². The molecular weight excluding hydrogens is 301 g/mol. The first-order valence-electron chi connectivity index (χ1n) is 6.99. The summed E-state index contributed by atoms with van der Waals surface area (Å²) in [7, 11) is 1.39. The summed E-state index contributed by atoms with van der Waals surface area (Å²) in [6, 6.07) is 12.8. The number of ether oxygens (including phenoxy) is 2. The molecule has 2 aromatic rings. The summed E-state index contributed by atoms with van der Waals surface area (Å²) in [5, 5.41) is 11.0. The minimum absolute atomic E-state index is 0.0960. The fourth-order valence-electron chi connectivity index (χ4n) is 2.33. The lowest BCUT2D eigenvalue weighted by Gasteiger charge is -2.27. The van der Waals surface area contributed by atoms with E-state index in [9.17, 15) is 14.3 Å². The van der Waals surface area contributed by atoms with Crippen molar-refractivity contribution in [3.05, 3.63) is 59.7 Å². The number of halogens is 1. The molecule has 6 heteroatoms. The second-order valence-corrected chi connectivity index (χ2v) is 4.84. The van der Waals surface area contributed by atoms with Gasteiger partial charge in [-0.05, 0) is 17.7 Å². The van der Waals surface area contributed by atoms with Gasteiger partial charge >= 0.3 is 0 Å². The highest BCUT2D eigenvalue weighted by Crippen LogP contribution is 2.37.